The number of rotatable bonds is 5. The number of hydrogen-bond donors (Lipinski definition) is 0. The van der Waals surface area contributed by atoms with Gasteiger partial charge in [0.25, 0.3) is 0 Å². The molecule has 2 aromatic carbocycles. The van der Waals surface area contributed by atoms with E-state index in [4.69, 9.17) is 18.9 Å². The van der Waals surface area contributed by atoms with E-state index < -0.39 is 0 Å². The van der Waals surface area contributed by atoms with Gasteiger partial charge >= 0.3 is 5.97 Å². The highest BCUT2D eigenvalue weighted by Crippen LogP contribution is 2.35. The van der Waals surface area contributed by atoms with Crippen molar-refractivity contribution in [2.24, 2.45) is 0 Å². The number of thioether (sulfide) groups is 1. The first-order chi connectivity index (χ1) is 12.3. The van der Waals surface area contributed by atoms with E-state index >= 15 is 0 Å². The summed E-state index contributed by atoms with van der Waals surface area (Å²) in [6.45, 7) is 1.02. The van der Waals surface area contributed by atoms with Crippen molar-refractivity contribution < 1.29 is 23.7 Å². The minimum atomic E-state index is -0.380. The average molecular weight is 358 g/mol. The fraction of sp³-hybridized carbons (Fsp3) is 0.316. The maximum Gasteiger partial charge on any atom is 0.344 e. The Morgan fingerprint density at radius 1 is 1.16 bits per heavy atom. The molecule has 0 saturated carbocycles. The molecule has 4 rings (SSSR count). The van der Waals surface area contributed by atoms with Crippen LogP contribution in [0.4, 0.5) is 0 Å². The minimum Gasteiger partial charge on any atom is -0.454 e. The molecule has 6 heteroatoms. The van der Waals surface area contributed by atoms with Crippen molar-refractivity contribution in [1.82, 2.24) is 0 Å². The maximum absolute atomic E-state index is 12.6. The zero-order valence-electron chi connectivity index (χ0n) is 13.6. The minimum absolute atomic E-state index is 0.190. The van der Waals surface area contributed by atoms with Crippen LogP contribution in [0.15, 0.2) is 47.4 Å². The monoisotopic (exact) mass is 358 g/mol. The summed E-state index contributed by atoms with van der Waals surface area (Å²) in [5.74, 6) is 2.15. The predicted molar refractivity (Wildman–Crippen MR) is 93.7 cm³/mol. The van der Waals surface area contributed by atoms with Crippen LogP contribution < -0.4 is 14.2 Å². The third-order valence-electron chi connectivity index (χ3n) is 4.11. The number of hydrogen-bond acceptors (Lipinski definition) is 6. The fourth-order valence-corrected chi connectivity index (χ4v) is 3.93. The van der Waals surface area contributed by atoms with Gasteiger partial charge in [-0.25, -0.2) is 4.79 Å². The van der Waals surface area contributed by atoms with Crippen LogP contribution in [0, 0.1) is 0 Å². The van der Waals surface area contributed by atoms with Crippen LogP contribution in [0.1, 0.15) is 23.2 Å². The molecule has 1 atom stereocenters. The van der Waals surface area contributed by atoms with E-state index in [-0.39, 0.29) is 18.9 Å². The van der Waals surface area contributed by atoms with Crippen LogP contribution in [0.5, 0.6) is 17.2 Å². The average Bonchev–Trinajstić information content (AvgIpc) is 3.31. The van der Waals surface area contributed by atoms with E-state index in [1.807, 2.05) is 18.2 Å². The van der Waals surface area contributed by atoms with Gasteiger partial charge in [0.15, 0.2) is 11.5 Å². The standard InChI is InChI=1S/C19H18O5S/c20-19(24-13-7-8-16-17(10-13)23-12-22-16)15-5-1-2-6-18(15)25-11-14-4-3-9-21-14/h1-2,5-8,10,14H,3-4,9,11-12H2/t14-/m0/s1. The molecular weight excluding hydrogens is 340 g/mol. The van der Waals surface area contributed by atoms with Gasteiger partial charge in [-0.15, -0.1) is 11.8 Å². The molecule has 0 bridgehead atoms. The normalized spacial score (nSPS) is 18.3. The van der Waals surface area contributed by atoms with E-state index in [0.29, 0.717) is 22.8 Å². The highest BCUT2D eigenvalue weighted by Gasteiger charge is 2.20. The molecule has 0 radical (unpaired) electrons. The van der Waals surface area contributed by atoms with Gasteiger partial charge in [-0.3, -0.25) is 0 Å². The largest absolute Gasteiger partial charge is 0.454 e. The molecule has 2 heterocycles. The number of fused-ring (bicyclic) bond motifs is 1. The second-order valence-electron chi connectivity index (χ2n) is 5.85. The summed E-state index contributed by atoms with van der Waals surface area (Å²) < 4.78 is 21.7. The molecule has 0 N–H and O–H groups in total. The first-order valence-corrected chi connectivity index (χ1v) is 9.23. The molecule has 0 unspecified atom stereocenters. The van der Waals surface area contributed by atoms with Gasteiger partial charge in [-0.05, 0) is 37.1 Å². The number of carbonyl (C=O) groups excluding carboxylic acids is 1. The first-order valence-electron chi connectivity index (χ1n) is 8.25. The summed E-state index contributed by atoms with van der Waals surface area (Å²) in [6, 6.07) is 12.6. The molecule has 1 fully saturated rings. The summed E-state index contributed by atoms with van der Waals surface area (Å²) >= 11 is 1.63. The van der Waals surface area contributed by atoms with Crippen LogP contribution in [-0.2, 0) is 4.74 Å². The molecule has 2 aliphatic heterocycles. The Balaban J connectivity index is 1.46. The second kappa shape index (κ2) is 7.37. The molecular formula is C19H18O5S. The smallest absolute Gasteiger partial charge is 0.344 e. The summed E-state index contributed by atoms with van der Waals surface area (Å²) in [5.41, 5.74) is 0.558. The van der Waals surface area contributed by atoms with Crippen molar-refractivity contribution in [3.63, 3.8) is 0 Å². The lowest BCUT2D eigenvalue weighted by atomic mass is 10.2. The van der Waals surface area contributed by atoms with Crippen LogP contribution in [0.2, 0.25) is 0 Å². The zero-order valence-corrected chi connectivity index (χ0v) is 14.4. The molecule has 25 heavy (non-hydrogen) atoms. The molecule has 0 spiro atoms. The zero-order chi connectivity index (χ0) is 17.1. The third kappa shape index (κ3) is 3.75. The summed E-state index contributed by atoms with van der Waals surface area (Å²) in [4.78, 5) is 13.5. The van der Waals surface area contributed by atoms with Crippen LogP contribution in [-0.4, -0.2) is 31.2 Å². The van der Waals surface area contributed by atoms with Crippen molar-refractivity contribution in [2.75, 3.05) is 19.2 Å². The summed E-state index contributed by atoms with van der Waals surface area (Å²) in [5, 5.41) is 0. The fourth-order valence-electron chi connectivity index (χ4n) is 2.82. The summed E-state index contributed by atoms with van der Waals surface area (Å²) in [6.07, 6.45) is 2.46. The van der Waals surface area contributed by atoms with Crippen LogP contribution >= 0.6 is 11.8 Å². The number of benzene rings is 2. The number of carbonyl (C=O) groups is 1. The highest BCUT2D eigenvalue weighted by atomic mass is 32.2. The highest BCUT2D eigenvalue weighted by molar-refractivity contribution is 7.99. The van der Waals surface area contributed by atoms with Crippen molar-refractivity contribution in [2.45, 2.75) is 23.8 Å². The Labute approximate surface area is 150 Å². The molecule has 130 valence electrons. The maximum atomic E-state index is 12.6. The molecule has 2 aromatic rings. The number of ether oxygens (including phenoxy) is 4. The SMILES string of the molecule is O=C(Oc1ccc2c(c1)OCO2)c1ccccc1SC[C@@H]1CCCO1. The third-order valence-corrected chi connectivity index (χ3v) is 5.32. The molecule has 1 saturated heterocycles. The lowest BCUT2D eigenvalue weighted by Gasteiger charge is -2.12. The lowest BCUT2D eigenvalue weighted by molar-refractivity contribution is 0.0731. The Bertz CT molecular complexity index is 770. The van der Waals surface area contributed by atoms with Gasteiger partial charge in [0.2, 0.25) is 6.79 Å². The van der Waals surface area contributed by atoms with Gasteiger partial charge in [0, 0.05) is 23.3 Å². The topological polar surface area (TPSA) is 54.0 Å². The Kier molecular flexibility index (Phi) is 4.81. The Morgan fingerprint density at radius 2 is 2.04 bits per heavy atom. The first kappa shape index (κ1) is 16.3. The lowest BCUT2D eigenvalue weighted by Crippen LogP contribution is -2.11. The quantitative estimate of drug-likeness (QED) is 0.459. The van der Waals surface area contributed by atoms with Crippen molar-refractivity contribution in [3.8, 4) is 17.2 Å². The van der Waals surface area contributed by atoms with Gasteiger partial charge in [-0.2, -0.15) is 0 Å². The second-order valence-corrected chi connectivity index (χ2v) is 6.91. The van der Waals surface area contributed by atoms with Crippen molar-refractivity contribution in [1.29, 1.82) is 0 Å². The Morgan fingerprint density at radius 3 is 2.92 bits per heavy atom. The van der Waals surface area contributed by atoms with Crippen LogP contribution in [0.25, 0.3) is 0 Å². The molecule has 0 aliphatic carbocycles. The van der Waals surface area contributed by atoms with E-state index in [2.05, 4.69) is 0 Å². The van der Waals surface area contributed by atoms with E-state index in [1.165, 1.54) is 0 Å². The van der Waals surface area contributed by atoms with Crippen molar-refractivity contribution >= 4 is 17.7 Å². The van der Waals surface area contributed by atoms with Gasteiger partial charge < -0.3 is 18.9 Å². The van der Waals surface area contributed by atoms with Gasteiger partial charge in [0.05, 0.1) is 11.7 Å². The van der Waals surface area contributed by atoms with Gasteiger partial charge in [-0.1, -0.05) is 12.1 Å². The Hall–Kier alpha value is -2.18. The molecule has 5 nitrogen and oxygen atoms in total. The molecule has 0 aromatic heterocycles. The molecule has 0 amide bonds. The van der Waals surface area contributed by atoms with Crippen LogP contribution in [0.3, 0.4) is 0 Å². The van der Waals surface area contributed by atoms with E-state index in [1.54, 1.807) is 36.0 Å². The molecule has 2 aliphatic rings. The van der Waals surface area contributed by atoms with Gasteiger partial charge in [0.1, 0.15) is 5.75 Å². The predicted octanol–water partition coefficient (Wildman–Crippen LogP) is 3.91. The number of esters is 1. The van der Waals surface area contributed by atoms with E-state index in [9.17, 15) is 4.79 Å². The summed E-state index contributed by atoms with van der Waals surface area (Å²) in [7, 11) is 0. The van der Waals surface area contributed by atoms with Crippen molar-refractivity contribution in [3.05, 3.63) is 48.0 Å². The van der Waals surface area contributed by atoms with E-state index in [0.717, 1.165) is 30.1 Å².